The van der Waals surface area contributed by atoms with Crippen molar-refractivity contribution in [2.45, 2.75) is 6.10 Å². The van der Waals surface area contributed by atoms with Crippen LogP contribution in [0.25, 0.3) is 10.8 Å². The summed E-state index contributed by atoms with van der Waals surface area (Å²) in [5, 5.41) is 13.4. The lowest BCUT2D eigenvalue weighted by atomic mass is 9.96. The third-order valence-electron chi connectivity index (χ3n) is 3.45. The van der Waals surface area contributed by atoms with E-state index in [1.807, 2.05) is 54.6 Å². The normalized spacial score (nSPS) is 12.6. The molecule has 0 saturated carbocycles. The van der Waals surface area contributed by atoms with E-state index in [2.05, 4.69) is 38.5 Å². The molecular formula is C17H11BrClIO. The Morgan fingerprint density at radius 1 is 0.952 bits per heavy atom. The highest BCUT2D eigenvalue weighted by Gasteiger charge is 2.17. The largest absolute Gasteiger partial charge is 0.384 e. The van der Waals surface area contributed by atoms with E-state index in [1.165, 1.54) is 0 Å². The Kier molecular flexibility index (Phi) is 4.54. The Hall–Kier alpha value is -0.620. The van der Waals surface area contributed by atoms with Gasteiger partial charge < -0.3 is 5.11 Å². The highest BCUT2D eigenvalue weighted by Crippen LogP contribution is 2.35. The molecule has 3 rings (SSSR count). The first-order valence-electron chi connectivity index (χ1n) is 6.38. The fourth-order valence-electron chi connectivity index (χ4n) is 2.42. The summed E-state index contributed by atoms with van der Waals surface area (Å²) in [7, 11) is 0. The first kappa shape index (κ1) is 15.3. The van der Waals surface area contributed by atoms with E-state index in [-0.39, 0.29) is 0 Å². The van der Waals surface area contributed by atoms with E-state index < -0.39 is 6.10 Å². The van der Waals surface area contributed by atoms with Gasteiger partial charge in [-0.1, -0.05) is 57.9 Å². The van der Waals surface area contributed by atoms with Gasteiger partial charge in [0.05, 0.1) is 0 Å². The molecule has 1 atom stereocenters. The van der Waals surface area contributed by atoms with E-state index in [0.29, 0.717) is 5.02 Å². The zero-order valence-corrected chi connectivity index (χ0v) is 15.4. The van der Waals surface area contributed by atoms with Gasteiger partial charge in [0.2, 0.25) is 0 Å². The monoisotopic (exact) mass is 472 g/mol. The number of halogens is 3. The molecule has 0 fully saturated rings. The smallest absolute Gasteiger partial charge is 0.106 e. The zero-order valence-electron chi connectivity index (χ0n) is 10.9. The fourth-order valence-corrected chi connectivity index (χ4v) is 3.62. The average Bonchev–Trinajstić information content (AvgIpc) is 2.50. The summed E-state index contributed by atoms with van der Waals surface area (Å²) in [4.78, 5) is 0. The van der Waals surface area contributed by atoms with Crippen LogP contribution in [-0.2, 0) is 0 Å². The summed E-state index contributed by atoms with van der Waals surface area (Å²) in [5.74, 6) is 0. The maximum absolute atomic E-state index is 10.8. The molecule has 0 amide bonds. The Morgan fingerprint density at radius 2 is 1.67 bits per heavy atom. The van der Waals surface area contributed by atoms with Crippen molar-refractivity contribution >= 4 is 60.9 Å². The van der Waals surface area contributed by atoms with Crippen LogP contribution in [0, 0.1) is 3.57 Å². The van der Waals surface area contributed by atoms with Crippen molar-refractivity contribution in [3.8, 4) is 0 Å². The topological polar surface area (TPSA) is 20.2 Å². The van der Waals surface area contributed by atoms with Crippen LogP contribution in [0.15, 0.2) is 59.1 Å². The molecule has 1 N–H and O–H groups in total. The summed E-state index contributed by atoms with van der Waals surface area (Å²) >= 11 is 12.0. The number of fused-ring (bicyclic) bond motifs is 1. The fraction of sp³-hybridized carbons (Fsp3) is 0.0588. The second-order valence-electron chi connectivity index (χ2n) is 4.75. The Bertz CT molecular complexity index is 819. The molecule has 4 heteroatoms. The molecule has 3 aromatic rings. The number of hydrogen-bond donors (Lipinski definition) is 1. The quantitative estimate of drug-likeness (QED) is 0.457. The van der Waals surface area contributed by atoms with Crippen molar-refractivity contribution in [1.29, 1.82) is 0 Å². The zero-order chi connectivity index (χ0) is 15.0. The minimum atomic E-state index is -0.698. The number of rotatable bonds is 2. The van der Waals surface area contributed by atoms with Crippen LogP contribution in [0.1, 0.15) is 17.2 Å². The molecule has 1 nitrogen and oxygen atoms in total. The van der Waals surface area contributed by atoms with Crippen molar-refractivity contribution in [3.63, 3.8) is 0 Å². The van der Waals surface area contributed by atoms with Crippen molar-refractivity contribution in [1.82, 2.24) is 0 Å². The van der Waals surface area contributed by atoms with Crippen molar-refractivity contribution in [3.05, 3.63) is 78.8 Å². The third kappa shape index (κ3) is 2.97. The molecule has 0 bridgehead atoms. The predicted molar refractivity (Wildman–Crippen MR) is 99.9 cm³/mol. The van der Waals surface area contributed by atoms with Crippen molar-refractivity contribution in [2.75, 3.05) is 0 Å². The van der Waals surface area contributed by atoms with Crippen LogP contribution in [0.4, 0.5) is 0 Å². The van der Waals surface area contributed by atoms with Gasteiger partial charge >= 0.3 is 0 Å². The minimum absolute atomic E-state index is 0.697. The minimum Gasteiger partial charge on any atom is -0.384 e. The molecule has 106 valence electrons. The van der Waals surface area contributed by atoms with Crippen LogP contribution in [-0.4, -0.2) is 5.11 Å². The van der Waals surface area contributed by atoms with Crippen LogP contribution >= 0.6 is 50.1 Å². The van der Waals surface area contributed by atoms with Gasteiger partial charge in [-0.15, -0.1) is 0 Å². The molecule has 0 aliphatic rings. The standard InChI is InChI=1S/C17H11BrClIO/c18-15-7-5-10(20)9-14(15)17(21)13-6-8-16(19)12-4-2-1-3-11(12)13/h1-9,17,21H. The molecule has 21 heavy (non-hydrogen) atoms. The Morgan fingerprint density at radius 3 is 2.43 bits per heavy atom. The summed E-state index contributed by atoms with van der Waals surface area (Å²) in [6.07, 6.45) is -0.698. The van der Waals surface area contributed by atoms with Gasteiger partial charge in [-0.25, -0.2) is 0 Å². The molecule has 0 heterocycles. The Labute approximate surface area is 150 Å². The molecule has 0 aliphatic carbocycles. The maximum Gasteiger partial charge on any atom is 0.106 e. The average molecular weight is 474 g/mol. The van der Waals surface area contributed by atoms with Crippen molar-refractivity contribution < 1.29 is 5.11 Å². The van der Waals surface area contributed by atoms with Crippen LogP contribution in [0.5, 0.6) is 0 Å². The van der Waals surface area contributed by atoms with Gasteiger partial charge in [-0.2, -0.15) is 0 Å². The molecular weight excluding hydrogens is 462 g/mol. The summed E-state index contributed by atoms with van der Waals surface area (Å²) in [5.41, 5.74) is 1.71. The molecule has 0 saturated heterocycles. The highest BCUT2D eigenvalue weighted by atomic mass is 127. The maximum atomic E-state index is 10.8. The molecule has 0 aliphatic heterocycles. The van der Waals surface area contributed by atoms with E-state index >= 15 is 0 Å². The van der Waals surface area contributed by atoms with Gasteiger partial charge in [0, 0.05) is 24.0 Å². The summed E-state index contributed by atoms with van der Waals surface area (Å²) in [6.45, 7) is 0. The molecule has 0 aromatic heterocycles. The first-order valence-corrected chi connectivity index (χ1v) is 8.63. The first-order chi connectivity index (χ1) is 10.1. The van der Waals surface area contributed by atoms with E-state index in [9.17, 15) is 5.11 Å². The third-order valence-corrected chi connectivity index (χ3v) is 5.17. The summed E-state index contributed by atoms with van der Waals surface area (Å²) < 4.78 is 1.98. The molecule has 1 unspecified atom stereocenters. The molecule has 0 radical (unpaired) electrons. The number of aliphatic hydroxyl groups is 1. The second kappa shape index (κ2) is 6.24. The van der Waals surface area contributed by atoms with Crippen LogP contribution in [0.3, 0.4) is 0 Å². The van der Waals surface area contributed by atoms with Crippen molar-refractivity contribution in [2.24, 2.45) is 0 Å². The van der Waals surface area contributed by atoms with Gasteiger partial charge in [0.15, 0.2) is 0 Å². The molecule has 0 spiro atoms. The highest BCUT2D eigenvalue weighted by molar-refractivity contribution is 14.1. The van der Waals surface area contributed by atoms with E-state index in [0.717, 1.165) is 29.9 Å². The van der Waals surface area contributed by atoms with E-state index in [1.54, 1.807) is 0 Å². The SMILES string of the molecule is OC(c1cc(I)ccc1Br)c1ccc(Cl)c2ccccc12. The van der Waals surface area contributed by atoms with E-state index in [4.69, 9.17) is 11.6 Å². The lowest BCUT2D eigenvalue weighted by Crippen LogP contribution is -2.02. The number of hydrogen-bond acceptors (Lipinski definition) is 1. The van der Waals surface area contributed by atoms with Gasteiger partial charge in [-0.3, -0.25) is 0 Å². The van der Waals surface area contributed by atoms with Crippen LogP contribution < -0.4 is 0 Å². The lowest BCUT2D eigenvalue weighted by molar-refractivity contribution is 0.221. The van der Waals surface area contributed by atoms with Gasteiger partial charge in [-0.05, 0) is 57.8 Å². The lowest BCUT2D eigenvalue weighted by Gasteiger charge is -2.16. The van der Waals surface area contributed by atoms with Gasteiger partial charge in [0.1, 0.15) is 6.10 Å². The second-order valence-corrected chi connectivity index (χ2v) is 7.26. The predicted octanol–water partition coefficient (Wildman–Crippen LogP) is 5.94. The summed E-state index contributed by atoms with van der Waals surface area (Å²) in [6, 6.07) is 17.5. The van der Waals surface area contributed by atoms with Gasteiger partial charge in [0.25, 0.3) is 0 Å². The number of aliphatic hydroxyl groups excluding tert-OH is 1. The van der Waals surface area contributed by atoms with Crippen LogP contribution in [0.2, 0.25) is 5.02 Å². The molecule has 3 aromatic carbocycles. The Balaban J connectivity index is 2.20. The number of benzene rings is 3.